The van der Waals surface area contributed by atoms with Crippen molar-refractivity contribution in [3.05, 3.63) is 35.5 Å². The summed E-state index contributed by atoms with van der Waals surface area (Å²) in [5.41, 5.74) is 4.37. The first-order valence-corrected chi connectivity index (χ1v) is 11.2. The fraction of sp³-hybridized carbons (Fsp3) is 0.522. The topological polar surface area (TPSA) is 108 Å². The molecule has 1 aromatic heterocycles. The normalized spacial score (nSPS) is 17.9. The number of methoxy groups -OCH3 is 1. The molecule has 2 heterocycles. The summed E-state index contributed by atoms with van der Waals surface area (Å²) >= 11 is 0. The van der Waals surface area contributed by atoms with E-state index in [2.05, 4.69) is 20.4 Å². The van der Waals surface area contributed by atoms with Gasteiger partial charge in [0, 0.05) is 35.8 Å². The maximum Gasteiger partial charge on any atom is 0.490 e. The first kappa shape index (κ1) is 25.5. The Balaban J connectivity index is 0.000000406. The molecular formula is C23H29F3N4O4. The van der Waals surface area contributed by atoms with Gasteiger partial charge in [-0.3, -0.25) is 9.89 Å². The molecule has 34 heavy (non-hydrogen) atoms. The second kappa shape index (κ2) is 11.4. The number of hydrogen-bond donors (Lipinski definition) is 3. The lowest BCUT2D eigenvalue weighted by atomic mass is 9.85. The molecule has 3 N–H and O–H groups in total. The van der Waals surface area contributed by atoms with Crippen LogP contribution in [0, 0.1) is 5.92 Å². The van der Waals surface area contributed by atoms with Crippen molar-refractivity contribution in [1.29, 1.82) is 0 Å². The van der Waals surface area contributed by atoms with Crippen LogP contribution in [-0.4, -0.2) is 71.5 Å². The summed E-state index contributed by atoms with van der Waals surface area (Å²) < 4.78 is 37.0. The van der Waals surface area contributed by atoms with Crippen molar-refractivity contribution in [1.82, 2.24) is 20.4 Å². The van der Waals surface area contributed by atoms with Gasteiger partial charge in [-0.05, 0) is 69.5 Å². The quantitative estimate of drug-likeness (QED) is 0.584. The number of alkyl halides is 3. The van der Waals surface area contributed by atoms with Gasteiger partial charge in [0.05, 0.1) is 12.8 Å². The maximum absolute atomic E-state index is 12.7. The number of nitrogens with one attached hydrogen (secondary N) is 2. The number of ether oxygens (including phenoxy) is 1. The van der Waals surface area contributed by atoms with Crippen LogP contribution in [0.15, 0.2) is 24.3 Å². The molecule has 0 spiro atoms. The van der Waals surface area contributed by atoms with Crippen LogP contribution in [0.3, 0.4) is 0 Å². The molecule has 11 heteroatoms. The molecule has 0 bridgehead atoms. The Morgan fingerprint density at radius 1 is 1.24 bits per heavy atom. The summed E-state index contributed by atoms with van der Waals surface area (Å²) in [5.74, 6) is -1.71. The highest BCUT2D eigenvalue weighted by Gasteiger charge is 2.38. The Morgan fingerprint density at radius 3 is 2.47 bits per heavy atom. The number of aryl methyl sites for hydroxylation is 1. The number of aromatic amines is 1. The summed E-state index contributed by atoms with van der Waals surface area (Å²) in [4.78, 5) is 24.0. The average Bonchev–Trinajstić information content (AvgIpc) is 3.48. The number of fused-ring (bicyclic) bond motifs is 1. The molecule has 1 fully saturated rings. The van der Waals surface area contributed by atoms with E-state index in [-0.39, 0.29) is 11.8 Å². The number of halogens is 3. The molecule has 0 saturated carbocycles. The van der Waals surface area contributed by atoms with E-state index >= 15 is 0 Å². The van der Waals surface area contributed by atoms with Gasteiger partial charge in [0.1, 0.15) is 5.75 Å². The van der Waals surface area contributed by atoms with Gasteiger partial charge >= 0.3 is 12.1 Å². The molecule has 1 atom stereocenters. The minimum absolute atomic E-state index is 0.0330. The van der Waals surface area contributed by atoms with Crippen molar-refractivity contribution in [2.75, 3.05) is 33.3 Å². The number of hydrogen-bond acceptors (Lipinski definition) is 5. The van der Waals surface area contributed by atoms with Crippen molar-refractivity contribution < 1.29 is 32.6 Å². The van der Waals surface area contributed by atoms with E-state index in [0.29, 0.717) is 0 Å². The molecule has 2 aliphatic rings. The lowest BCUT2D eigenvalue weighted by Crippen LogP contribution is -2.38. The molecule has 1 aliphatic heterocycles. The van der Waals surface area contributed by atoms with Gasteiger partial charge in [-0.15, -0.1) is 0 Å². The Hall–Kier alpha value is -3.08. The van der Waals surface area contributed by atoms with E-state index in [9.17, 15) is 18.0 Å². The van der Waals surface area contributed by atoms with Gasteiger partial charge in [0.25, 0.3) is 0 Å². The third kappa shape index (κ3) is 6.72. The van der Waals surface area contributed by atoms with Crippen LogP contribution in [0.1, 0.15) is 30.5 Å². The second-order valence-corrected chi connectivity index (χ2v) is 8.34. The standard InChI is InChI=1S/C21H28N4O2.C2HF3O2/c1-27-17-7-4-15(5-8-17)20-18-14-16(6-9-19(18)23-24-20)21(26)22-10-13-25-11-2-3-12-25;3-2(4,5)1(6)7/h4-5,7-8,16H,2-3,6,9-14H2,1H3,(H,22,26)(H,23,24);(H,6,7). The number of carboxylic acids is 1. The van der Waals surface area contributed by atoms with Crippen LogP contribution in [0.5, 0.6) is 5.75 Å². The molecule has 8 nitrogen and oxygen atoms in total. The van der Waals surface area contributed by atoms with Crippen molar-refractivity contribution in [3.63, 3.8) is 0 Å². The number of carbonyl (C=O) groups excluding carboxylic acids is 1. The molecule has 1 aromatic carbocycles. The van der Waals surface area contributed by atoms with Crippen LogP contribution >= 0.6 is 0 Å². The number of amides is 1. The number of aliphatic carboxylic acids is 1. The number of carbonyl (C=O) groups is 2. The fourth-order valence-electron chi connectivity index (χ4n) is 4.19. The predicted octanol–water partition coefficient (Wildman–Crippen LogP) is 3.04. The number of benzene rings is 1. The maximum atomic E-state index is 12.7. The fourth-order valence-corrected chi connectivity index (χ4v) is 4.19. The van der Waals surface area contributed by atoms with Crippen molar-refractivity contribution in [3.8, 4) is 17.0 Å². The molecule has 186 valence electrons. The minimum Gasteiger partial charge on any atom is -0.497 e. The molecular weight excluding hydrogens is 453 g/mol. The summed E-state index contributed by atoms with van der Waals surface area (Å²) in [6.45, 7) is 4.05. The van der Waals surface area contributed by atoms with E-state index < -0.39 is 12.1 Å². The van der Waals surface area contributed by atoms with Gasteiger partial charge in [0.2, 0.25) is 5.91 Å². The van der Waals surface area contributed by atoms with E-state index in [1.807, 2.05) is 24.3 Å². The van der Waals surface area contributed by atoms with E-state index in [4.69, 9.17) is 14.6 Å². The SMILES string of the molecule is COc1ccc(-c2n[nH]c3c2CC(C(=O)NCCN2CCCC2)CC3)cc1.O=C(O)C(F)(F)F. The number of aromatic nitrogens is 2. The lowest BCUT2D eigenvalue weighted by molar-refractivity contribution is -0.192. The van der Waals surface area contributed by atoms with Crippen molar-refractivity contribution >= 4 is 11.9 Å². The van der Waals surface area contributed by atoms with E-state index in [0.717, 1.165) is 49.4 Å². The molecule has 1 unspecified atom stereocenters. The first-order chi connectivity index (χ1) is 16.2. The van der Waals surface area contributed by atoms with Crippen LogP contribution in [0.25, 0.3) is 11.3 Å². The molecule has 1 amide bonds. The third-order valence-corrected chi connectivity index (χ3v) is 6.05. The Morgan fingerprint density at radius 2 is 1.88 bits per heavy atom. The van der Waals surface area contributed by atoms with Crippen LogP contribution in [0.2, 0.25) is 0 Å². The van der Waals surface area contributed by atoms with Crippen LogP contribution in [-0.2, 0) is 22.4 Å². The molecule has 2 aromatic rings. The van der Waals surface area contributed by atoms with Gasteiger partial charge in [0.15, 0.2) is 0 Å². The van der Waals surface area contributed by atoms with Crippen molar-refractivity contribution in [2.45, 2.75) is 38.3 Å². The second-order valence-electron chi connectivity index (χ2n) is 8.34. The Kier molecular flexibility index (Phi) is 8.54. The summed E-state index contributed by atoms with van der Waals surface area (Å²) in [6, 6.07) is 7.94. The highest BCUT2D eigenvalue weighted by molar-refractivity contribution is 5.80. The highest BCUT2D eigenvalue weighted by Crippen LogP contribution is 2.32. The molecule has 1 aliphatic carbocycles. The van der Waals surface area contributed by atoms with Crippen LogP contribution < -0.4 is 10.1 Å². The Labute approximate surface area is 195 Å². The summed E-state index contributed by atoms with van der Waals surface area (Å²) in [7, 11) is 1.67. The summed E-state index contributed by atoms with van der Waals surface area (Å²) in [6.07, 6.45) is 0.000185. The van der Waals surface area contributed by atoms with E-state index in [1.54, 1.807) is 7.11 Å². The number of nitrogens with zero attached hydrogens (tertiary/aromatic N) is 2. The summed E-state index contributed by atoms with van der Waals surface area (Å²) in [5, 5.41) is 18.0. The average molecular weight is 483 g/mol. The van der Waals surface area contributed by atoms with Gasteiger partial charge in [-0.25, -0.2) is 4.79 Å². The molecule has 4 rings (SSSR count). The lowest BCUT2D eigenvalue weighted by Gasteiger charge is -2.22. The zero-order chi connectivity index (χ0) is 24.7. The smallest absolute Gasteiger partial charge is 0.490 e. The zero-order valence-electron chi connectivity index (χ0n) is 19.0. The Bertz CT molecular complexity index is 970. The zero-order valence-corrected chi connectivity index (χ0v) is 19.0. The third-order valence-electron chi connectivity index (χ3n) is 6.05. The van der Waals surface area contributed by atoms with E-state index in [1.165, 1.54) is 37.2 Å². The van der Waals surface area contributed by atoms with Crippen LogP contribution in [0.4, 0.5) is 13.2 Å². The number of rotatable bonds is 6. The highest BCUT2D eigenvalue weighted by atomic mass is 19.4. The predicted molar refractivity (Wildman–Crippen MR) is 118 cm³/mol. The largest absolute Gasteiger partial charge is 0.497 e. The van der Waals surface area contributed by atoms with Gasteiger partial charge < -0.3 is 20.1 Å². The molecule has 0 radical (unpaired) electrons. The number of carboxylic acid groups (broad SMARTS) is 1. The van der Waals surface area contributed by atoms with Crippen molar-refractivity contribution in [2.24, 2.45) is 5.92 Å². The monoisotopic (exact) mass is 482 g/mol. The number of H-pyrrole nitrogens is 1. The minimum atomic E-state index is -5.08. The van der Waals surface area contributed by atoms with Gasteiger partial charge in [-0.1, -0.05) is 0 Å². The van der Waals surface area contributed by atoms with Gasteiger partial charge in [-0.2, -0.15) is 18.3 Å². The molecule has 1 saturated heterocycles. The number of likely N-dealkylation sites (tertiary alicyclic amines) is 1. The first-order valence-electron chi connectivity index (χ1n) is 11.2.